The second-order valence-corrected chi connectivity index (χ2v) is 3.31. The SMILES string of the molecule is CCCNCCc1ccc(C)nc1. The Hall–Kier alpha value is -0.890. The Morgan fingerprint density at radius 2 is 2.15 bits per heavy atom. The molecule has 0 bridgehead atoms. The molecule has 0 atom stereocenters. The van der Waals surface area contributed by atoms with Crippen molar-refractivity contribution in [2.24, 2.45) is 0 Å². The van der Waals surface area contributed by atoms with Crippen molar-refractivity contribution in [1.29, 1.82) is 0 Å². The van der Waals surface area contributed by atoms with Gasteiger partial charge >= 0.3 is 0 Å². The second kappa shape index (κ2) is 5.70. The fourth-order valence-corrected chi connectivity index (χ4v) is 1.18. The monoisotopic (exact) mass is 178 g/mol. The number of aryl methyl sites for hydroxylation is 1. The van der Waals surface area contributed by atoms with Crippen LogP contribution in [-0.2, 0) is 6.42 Å². The zero-order valence-electron chi connectivity index (χ0n) is 8.51. The van der Waals surface area contributed by atoms with E-state index in [1.165, 1.54) is 12.0 Å². The van der Waals surface area contributed by atoms with Crippen molar-refractivity contribution >= 4 is 0 Å². The molecule has 1 N–H and O–H groups in total. The molecule has 1 aromatic heterocycles. The van der Waals surface area contributed by atoms with E-state index in [4.69, 9.17) is 0 Å². The highest BCUT2D eigenvalue weighted by atomic mass is 14.8. The van der Waals surface area contributed by atoms with Gasteiger partial charge in [0.05, 0.1) is 0 Å². The number of hydrogen-bond acceptors (Lipinski definition) is 2. The Bertz CT molecular complexity index is 228. The summed E-state index contributed by atoms with van der Waals surface area (Å²) in [6.45, 7) is 6.36. The number of nitrogens with zero attached hydrogens (tertiary/aromatic N) is 1. The van der Waals surface area contributed by atoms with Crippen molar-refractivity contribution in [3.8, 4) is 0 Å². The van der Waals surface area contributed by atoms with Gasteiger partial charge in [0.2, 0.25) is 0 Å². The zero-order chi connectivity index (χ0) is 9.52. The lowest BCUT2D eigenvalue weighted by Crippen LogP contribution is -2.17. The summed E-state index contributed by atoms with van der Waals surface area (Å²) < 4.78 is 0. The van der Waals surface area contributed by atoms with Gasteiger partial charge in [0.15, 0.2) is 0 Å². The molecular formula is C11H18N2. The number of pyridine rings is 1. The van der Waals surface area contributed by atoms with E-state index in [0.717, 1.165) is 25.2 Å². The van der Waals surface area contributed by atoms with Gasteiger partial charge in [-0.05, 0) is 44.5 Å². The molecule has 0 aromatic carbocycles. The topological polar surface area (TPSA) is 24.9 Å². The van der Waals surface area contributed by atoms with Crippen molar-refractivity contribution in [3.05, 3.63) is 29.6 Å². The summed E-state index contributed by atoms with van der Waals surface area (Å²) in [5, 5.41) is 3.37. The lowest BCUT2D eigenvalue weighted by atomic mass is 10.2. The summed E-state index contributed by atoms with van der Waals surface area (Å²) in [6, 6.07) is 4.21. The summed E-state index contributed by atoms with van der Waals surface area (Å²) >= 11 is 0. The minimum atomic E-state index is 1.05. The average molecular weight is 178 g/mol. The Labute approximate surface area is 80.4 Å². The third kappa shape index (κ3) is 4.04. The van der Waals surface area contributed by atoms with E-state index >= 15 is 0 Å². The number of nitrogens with one attached hydrogen (secondary N) is 1. The van der Waals surface area contributed by atoms with Crippen LogP contribution in [0.4, 0.5) is 0 Å². The van der Waals surface area contributed by atoms with E-state index in [1.54, 1.807) is 0 Å². The van der Waals surface area contributed by atoms with Gasteiger partial charge in [-0.3, -0.25) is 4.98 Å². The fraction of sp³-hybridized carbons (Fsp3) is 0.545. The van der Waals surface area contributed by atoms with Gasteiger partial charge in [0, 0.05) is 11.9 Å². The van der Waals surface area contributed by atoms with Gasteiger partial charge in [-0.15, -0.1) is 0 Å². The number of rotatable bonds is 5. The maximum atomic E-state index is 4.25. The van der Waals surface area contributed by atoms with Crippen LogP contribution in [0.3, 0.4) is 0 Å². The molecule has 2 nitrogen and oxygen atoms in total. The van der Waals surface area contributed by atoms with E-state index in [-0.39, 0.29) is 0 Å². The molecule has 2 heteroatoms. The van der Waals surface area contributed by atoms with Crippen LogP contribution in [0, 0.1) is 6.92 Å². The summed E-state index contributed by atoms with van der Waals surface area (Å²) in [4.78, 5) is 4.25. The molecule has 13 heavy (non-hydrogen) atoms. The molecule has 0 spiro atoms. The van der Waals surface area contributed by atoms with Crippen molar-refractivity contribution in [3.63, 3.8) is 0 Å². The van der Waals surface area contributed by atoms with Gasteiger partial charge in [-0.25, -0.2) is 0 Å². The largest absolute Gasteiger partial charge is 0.316 e. The van der Waals surface area contributed by atoms with Crippen LogP contribution in [0.2, 0.25) is 0 Å². The maximum Gasteiger partial charge on any atom is 0.0372 e. The summed E-state index contributed by atoms with van der Waals surface area (Å²) in [7, 11) is 0. The van der Waals surface area contributed by atoms with Gasteiger partial charge in [-0.1, -0.05) is 13.0 Å². The summed E-state index contributed by atoms with van der Waals surface area (Å²) in [5.41, 5.74) is 2.40. The predicted octanol–water partition coefficient (Wildman–Crippen LogP) is 1.93. The molecule has 0 saturated carbocycles. The van der Waals surface area contributed by atoms with Crippen LogP contribution in [0.1, 0.15) is 24.6 Å². The quantitative estimate of drug-likeness (QED) is 0.697. The van der Waals surface area contributed by atoms with Gasteiger partial charge in [0.25, 0.3) is 0 Å². The van der Waals surface area contributed by atoms with Crippen LogP contribution >= 0.6 is 0 Å². The van der Waals surface area contributed by atoms with Crippen molar-refractivity contribution < 1.29 is 0 Å². The molecular weight excluding hydrogens is 160 g/mol. The fourth-order valence-electron chi connectivity index (χ4n) is 1.18. The molecule has 0 unspecified atom stereocenters. The highest BCUT2D eigenvalue weighted by Gasteiger charge is 1.92. The van der Waals surface area contributed by atoms with Crippen LogP contribution < -0.4 is 5.32 Å². The summed E-state index contributed by atoms with van der Waals surface area (Å²) in [5.74, 6) is 0. The minimum absolute atomic E-state index is 1.05. The van der Waals surface area contributed by atoms with E-state index < -0.39 is 0 Å². The Balaban J connectivity index is 2.25. The van der Waals surface area contributed by atoms with Crippen LogP contribution in [0.15, 0.2) is 18.3 Å². The molecule has 1 rings (SSSR count). The molecule has 1 aromatic rings. The molecule has 0 radical (unpaired) electrons. The van der Waals surface area contributed by atoms with Crippen molar-refractivity contribution in [1.82, 2.24) is 10.3 Å². The molecule has 0 amide bonds. The first kappa shape index (κ1) is 10.2. The van der Waals surface area contributed by atoms with Crippen LogP contribution in [0.25, 0.3) is 0 Å². The normalized spacial score (nSPS) is 10.3. The van der Waals surface area contributed by atoms with Crippen LogP contribution in [0.5, 0.6) is 0 Å². The number of aromatic nitrogens is 1. The highest BCUT2D eigenvalue weighted by molar-refractivity contribution is 5.13. The second-order valence-electron chi connectivity index (χ2n) is 3.31. The van der Waals surface area contributed by atoms with E-state index in [0.29, 0.717) is 0 Å². The molecule has 0 aliphatic rings. The average Bonchev–Trinajstić information content (AvgIpc) is 2.15. The van der Waals surface area contributed by atoms with Gasteiger partial charge < -0.3 is 5.32 Å². The van der Waals surface area contributed by atoms with E-state index in [2.05, 4.69) is 29.4 Å². The summed E-state index contributed by atoms with van der Waals surface area (Å²) in [6.07, 6.45) is 4.24. The molecule has 0 saturated heterocycles. The van der Waals surface area contributed by atoms with Crippen molar-refractivity contribution in [2.75, 3.05) is 13.1 Å². The van der Waals surface area contributed by atoms with Crippen LogP contribution in [-0.4, -0.2) is 18.1 Å². The standard InChI is InChI=1S/C11H18N2/c1-3-7-12-8-6-11-5-4-10(2)13-9-11/h4-5,9,12H,3,6-8H2,1-2H3. The molecule has 0 aliphatic carbocycles. The van der Waals surface area contributed by atoms with Gasteiger partial charge in [0.1, 0.15) is 0 Å². The van der Waals surface area contributed by atoms with E-state index in [1.807, 2.05) is 13.1 Å². The minimum Gasteiger partial charge on any atom is -0.316 e. The lowest BCUT2D eigenvalue weighted by Gasteiger charge is -2.02. The lowest BCUT2D eigenvalue weighted by molar-refractivity contribution is 0.670. The maximum absolute atomic E-state index is 4.25. The first-order valence-electron chi connectivity index (χ1n) is 4.95. The Kier molecular flexibility index (Phi) is 4.47. The van der Waals surface area contributed by atoms with E-state index in [9.17, 15) is 0 Å². The Morgan fingerprint density at radius 1 is 1.31 bits per heavy atom. The Morgan fingerprint density at radius 3 is 2.77 bits per heavy atom. The predicted molar refractivity (Wildman–Crippen MR) is 55.8 cm³/mol. The van der Waals surface area contributed by atoms with Gasteiger partial charge in [-0.2, -0.15) is 0 Å². The zero-order valence-corrected chi connectivity index (χ0v) is 8.51. The molecule has 0 fully saturated rings. The first-order valence-corrected chi connectivity index (χ1v) is 4.95. The highest BCUT2D eigenvalue weighted by Crippen LogP contribution is 1.99. The molecule has 1 heterocycles. The first-order chi connectivity index (χ1) is 6.33. The third-order valence-corrected chi connectivity index (χ3v) is 1.99. The smallest absolute Gasteiger partial charge is 0.0372 e. The number of hydrogen-bond donors (Lipinski definition) is 1. The molecule has 72 valence electrons. The van der Waals surface area contributed by atoms with Crippen molar-refractivity contribution in [2.45, 2.75) is 26.7 Å². The third-order valence-electron chi connectivity index (χ3n) is 1.99. The molecule has 0 aliphatic heterocycles.